The molecule has 2 aromatic carbocycles. The summed E-state index contributed by atoms with van der Waals surface area (Å²) in [5.74, 6) is 1.41. The number of hydrogen-bond acceptors (Lipinski definition) is 4. The predicted molar refractivity (Wildman–Crippen MR) is 104 cm³/mol. The number of para-hydroxylation sites is 1. The number of amides is 1. The summed E-state index contributed by atoms with van der Waals surface area (Å²) in [6.07, 6.45) is 2.34. The molecule has 1 unspecified atom stereocenters. The van der Waals surface area contributed by atoms with Crippen molar-refractivity contribution in [2.75, 3.05) is 5.32 Å². The summed E-state index contributed by atoms with van der Waals surface area (Å²) in [7, 11) is 0. The standard InChI is InChI=1S/C20H20N4OS/c1-13(26-20-22-18(23-24-20)15-11-12-15)19(25)21-17-10-6-5-9-16(17)14-7-3-2-4-8-14/h2-10,13,15H,11-12H2,1H3,(H,21,25)(H,22,23,24). The van der Waals surface area contributed by atoms with Crippen molar-refractivity contribution in [1.29, 1.82) is 0 Å². The lowest BCUT2D eigenvalue weighted by Gasteiger charge is -2.14. The quantitative estimate of drug-likeness (QED) is 0.633. The number of thioether (sulfide) groups is 1. The Balaban J connectivity index is 1.45. The van der Waals surface area contributed by atoms with E-state index < -0.39 is 0 Å². The van der Waals surface area contributed by atoms with Gasteiger partial charge in [0, 0.05) is 17.2 Å². The number of hydrogen-bond donors (Lipinski definition) is 2. The van der Waals surface area contributed by atoms with Gasteiger partial charge in [0.05, 0.1) is 5.25 Å². The van der Waals surface area contributed by atoms with Crippen LogP contribution >= 0.6 is 11.8 Å². The fourth-order valence-corrected chi connectivity index (χ4v) is 3.49. The van der Waals surface area contributed by atoms with Gasteiger partial charge in [0.1, 0.15) is 5.82 Å². The first-order valence-corrected chi connectivity index (χ1v) is 9.63. The molecular weight excluding hydrogens is 344 g/mol. The first-order chi connectivity index (χ1) is 12.7. The minimum Gasteiger partial charge on any atom is -0.325 e. The molecule has 0 aliphatic heterocycles. The third kappa shape index (κ3) is 3.80. The number of aromatic nitrogens is 3. The van der Waals surface area contributed by atoms with Crippen molar-refractivity contribution in [2.24, 2.45) is 0 Å². The van der Waals surface area contributed by atoms with Gasteiger partial charge in [0.25, 0.3) is 0 Å². The molecule has 0 saturated heterocycles. The molecule has 3 aromatic rings. The van der Waals surface area contributed by atoms with Crippen LogP contribution in [0.3, 0.4) is 0 Å². The lowest BCUT2D eigenvalue weighted by atomic mass is 10.0. The van der Waals surface area contributed by atoms with Crippen LogP contribution in [0.15, 0.2) is 59.8 Å². The lowest BCUT2D eigenvalue weighted by molar-refractivity contribution is -0.115. The van der Waals surface area contributed by atoms with E-state index in [1.165, 1.54) is 24.6 Å². The van der Waals surface area contributed by atoms with Crippen molar-refractivity contribution in [3.05, 3.63) is 60.4 Å². The van der Waals surface area contributed by atoms with Gasteiger partial charge >= 0.3 is 0 Å². The highest BCUT2D eigenvalue weighted by molar-refractivity contribution is 8.00. The number of carbonyl (C=O) groups excluding carboxylic acids is 1. The third-order valence-corrected chi connectivity index (χ3v) is 5.33. The second-order valence-corrected chi connectivity index (χ2v) is 7.75. The Morgan fingerprint density at radius 2 is 1.88 bits per heavy atom. The highest BCUT2D eigenvalue weighted by Crippen LogP contribution is 2.38. The van der Waals surface area contributed by atoms with E-state index in [1.807, 2.05) is 61.5 Å². The molecule has 1 heterocycles. The Hall–Kier alpha value is -2.60. The van der Waals surface area contributed by atoms with Crippen LogP contribution < -0.4 is 5.32 Å². The van der Waals surface area contributed by atoms with Gasteiger partial charge in [0.2, 0.25) is 11.1 Å². The average molecular weight is 364 g/mol. The Morgan fingerprint density at radius 1 is 1.15 bits per heavy atom. The average Bonchev–Trinajstić information content (AvgIpc) is 3.42. The summed E-state index contributed by atoms with van der Waals surface area (Å²) < 4.78 is 0. The SMILES string of the molecule is CC(Sc1n[nH]c(C2CC2)n1)C(=O)Nc1ccccc1-c1ccccc1. The second kappa shape index (κ2) is 7.33. The topological polar surface area (TPSA) is 70.7 Å². The van der Waals surface area contributed by atoms with Gasteiger partial charge in [-0.1, -0.05) is 60.3 Å². The summed E-state index contributed by atoms with van der Waals surface area (Å²) >= 11 is 1.37. The highest BCUT2D eigenvalue weighted by Gasteiger charge is 2.28. The molecule has 0 radical (unpaired) electrons. The summed E-state index contributed by atoms with van der Waals surface area (Å²) in [4.78, 5) is 17.1. The van der Waals surface area contributed by atoms with Crippen LogP contribution in [-0.2, 0) is 4.79 Å². The van der Waals surface area contributed by atoms with Crippen LogP contribution in [0.2, 0.25) is 0 Å². The predicted octanol–water partition coefficient (Wildman–Crippen LogP) is 4.47. The van der Waals surface area contributed by atoms with E-state index in [0.29, 0.717) is 11.1 Å². The highest BCUT2D eigenvalue weighted by atomic mass is 32.2. The van der Waals surface area contributed by atoms with Gasteiger partial charge in [-0.15, -0.1) is 5.10 Å². The van der Waals surface area contributed by atoms with Crippen molar-refractivity contribution in [2.45, 2.75) is 36.1 Å². The van der Waals surface area contributed by atoms with Crippen molar-refractivity contribution in [3.63, 3.8) is 0 Å². The first kappa shape index (κ1) is 16.8. The van der Waals surface area contributed by atoms with Gasteiger partial charge in [-0.3, -0.25) is 9.89 Å². The molecule has 4 rings (SSSR count). The van der Waals surface area contributed by atoms with E-state index in [4.69, 9.17) is 0 Å². The zero-order valence-corrected chi connectivity index (χ0v) is 15.3. The zero-order valence-electron chi connectivity index (χ0n) is 14.5. The summed E-state index contributed by atoms with van der Waals surface area (Å²) in [6.45, 7) is 1.87. The van der Waals surface area contributed by atoms with Crippen LogP contribution in [0, 0.1) is 0 Å². The number of nitrogens with zero attached hydrogens (tertiary/aromatic N) is 2. The van der Waals surface area contributed by atoms with Gasteiger partial charge in [-0.05, 0) is 31.4 Å². The smallest absolute Gasteiger partial charge is 0.237 e. The van der Waals surface area contributed by atoms with Crippen molar-refractivity contribution in [1.82, 2.24) is 15.2 Å². The number of carbonyl (C=O) groups is 1. The molecule has 26 heavy (non-hydrogen) atoms. The maximum Gasteiger partial charge on any atom is 0.237 e. The number of H-pyrrole nitrogens is 1. The van der Waals surface area contributed by atoms with Crippen LogP contribution in [-0.4, -0.2) is 26.3 Å². The van der Waals surface area contributed by atoms with Crippen molar-refractivity contribution >= 4 is 23.4 Å². The number of nitrogens with one attached hydrogen (secondary N) is 2. The fraction of sp³-hybridized carbons (Fsp3) is 0.250. The van der Waals surface area contributed by atoms with E-state index in [2.05, 4.69) is 20.5 Å². The number of anilines is 1. The molecule has 0 bridgehead atoms. The Morgan fingerprint density at radius 3 is 2.65 bits per heavy atom. The van der Waals surface area contributed by atoms with E-state index in [0.717, 1.165) is 22.6 Å². The van der Waals surface area contributed by atoms with Crippen LogP contribution in [0.5, 0.6) is 0 Å². The van der Waals surface area contributed by atoms with Crippen molar-refractivity contribution < 1.29 is 4.79 Å². The minimum absolute atomic E-state index is 0.0591. The van der Waals surface area contributed by atoms with Crippen molar-refractivity contribution in [3.8, 4) is 11.1 Å². The molecule has 1 aliphatic carbocycles. The Kier molecular flexibility index (Phi) is 4.75. The van der Waals surface area contributed by atoms with E-state index in [-0.39, 0.29) is 11.2 Å². The zero-order chi connectivity index (χ0) is 17.9. The number of aromatic amines is 1. The molecule has 5 nitrogen and oxygen atoms in total. The monoisotopic (exact) mass is 364 g/mol. The van der Waals surface area contributed by atoms with E-state index in [9.17, 15) is 4.79 Å². The molecule has 132 valence electrons. The largest absolute Gasteiger partial charge is 0.325 e. The molecule has 1 aromatic heterocycles. The molecular formula is C20H20N4OS. The third-order valence-electron chi connectivity index (χ3n) is 4.37. The molecule has 0 spiro atoms. The second-order valence-electron chi connectivity index (χ2n) is 6.44. The molecule has 1 atom stereocenters. The van der Waals surface area contributed by atoms with E-state index in [1.54, 1.807) is 0 Å². The fourth-order valence-electron chi connectivity index (χ4n) is 2.76. The first-order valence-electron chi connectivity index (χ1n) is 8.75. The van der Waals surface area contributed by atoms with Crippen LogP contribution in [0.25, 0.3) is 11.1 Å². The molecule has 6 heteroatoms. The Bertz CT molecular complexity index is 905. The number of benzene rings is 2. The number of rotatable bonds is 6. The van der Waals surface area contributed by atoms with Gasteiger partial charge in [0.15, 0.2) is 0 Å². The normalized spacial score (nSPS) is 14.8. The maximum atomic E-state index is 12.7. The Labute approximate surface area is 156 Å². The minimum atomic E-state index is -0.290. The molecule has 1 saturated carbocycles. The van der Waals surface area contributed by atoms with E-state index >= 15 is 0 Å². The summed E-state index contributed by atoms with van der Waals surface area (Å²) in [5.41, 5.74) is 2.89. The van der Waals surface area contributed by atoms with Crippen LogP contribution in [0.4, 0.5) is 5.69 Å². The van der Waals surface area contributed by atoms with Crippen LogP contribution in [0.1, 0.15) is 31.5 Å². The van der Waals surface area contributed by atoms with Gasteiger partial charge in [-0.25, -0.2) is 4.98 Å². The lowest BCUT2D eigenvalue weighted by Crippen LogP contribution is -2.22. The summed E-state index contributed by atoms with van der Waals surface area (Å²) in [5, 5.41) is 10.6. The molecule has 1 amide bonds. The summed E-state index contributed by atoms with van der Waals surface area (Å²) in [6, 6.07) is 17.9. The molecule has 1 fully saturated rings. The molecule has 2 N–H and O–H groups in total. The van der Waals surface area contributed by atoms with Gasteiger partial charge < -0.3 is 5.32 Å². The van der Waals surface area contributed by atoms with Gasteiger partial charge in [-0.2, -0.15) is 0 Å². The molecule has 1 aliphatic rings. The maximum absolute atomic E-state index is 12.7.